The van der Waals surface area contributed by atoms with Crippen LogP contribution < -0.4 is 20.8 Å². The van der Waals surface area contributed by atoms with E-state index in [9.17, 15) is 4.79 Å². The minimum absolute atomic E-state index is 0.168. The molecule has 6 nitrogen and oxygen atoms in total. The third-order valence-electron chi connectivity index (χ3n) is 4.56. The van der Waals surface area contributed by atoms with Crippen molar-refractivity contribution in [2.75, 3.05) is 24.7 Å². The average Bonchev–Trinajstić information content (AvgIpc) is 2.71. The van der Waals surface area contributed by atoms with Crippen LogP contribution in [-0.2, 0) is 4.79 Å². The molecule has 28 heavy (non-hydrogen) atoms. The summed E-state index contributed by atoms with van der Waals surface area (Å²) in [6.07, 6.45) is 1.39. The molecular formula is C21H21N5OS. The van der Waals surface area contributed by atoms with Gasteiger partial charge in [-0.2, -0.15) is 0 Å². The Hall–Kier alpha value is -3.06. The highest BCUT2D eigenvalue weighted by molar-refractivity contribution is 8.14. The van der Waals surface area contributed by atoms with Crippen molar-refractivity contribution in [3.8, 4) is 0 Å². The largest absolute Gasteiger partial charge is 0.378 e. The number of nitrogens with zero attached hydrogens (tertiary/aromatic N) is 4. The molecule has 2 heterocycles. The number of fused-ring (bicyclic) bond motifs is 2. The lowest BCUT2D eigenvalue weighted by atomic mass is 10.1. The summed E-state index contributed by atoms with van der Waals surface area (Å²) in [6, 6.07) is 15.8. The zero-order valence-electron chi connectivity index (χ0n) is 15.8. The molecule has 0 unspecified atom stereocenters. The Morgan fingerprint density at radius 2 is 1.96 bits per heavy atom. The Morgan fingerprint density at radius 3 is 2.68 bits per heavy atom. The number of hydrogen-bond acceptors (Lipinski definition) is 6. The van der Waals surface area contributed by atoms with Crippen molar-refractivity contribution in [1.82, 2.24) is 10.3 Å². The second-order valence-corrected chi connectivity index (χ2v) is 7.67. The zero-order valence-corrected chi connectivity index (χ0v) is 16.6. The van der Waals surface area contributed by atoms with E-state index in [0.29, 0.717) is 16.6 Å². The first-order valence-corrected chi connectivity index (χ1v) is 9.94. The first kappa shape index (κ1) is 18.3. The fourth-order valence-corrected chi connectivity index (χ4v) is 3.78. The average molecular weight is 392 g/mol. The van der Waals surface area contributed by atoms with Crippen molar-refractivity contribution in [2.24, 2.45) is 10.1 Å². The van der Waals surface area contributed by atoms with E-state index < -0.39 is 6.17 Å². The number of carbonyl (C=O) groups is 1. The molecule has 0 spiro atoms. The van der Waals surface area contributed by atoms with Gasteiger partial charge in [0.05, 0.1) is 5.36 Å². The summed E-state index contributed by atoms with van der Waals surface area (Å²) in [5.41, 5.74) is 2.60. The number of rotatable bonds is 4. The second kappa shape index (κ2) is 7.52. The molecular weight excluding hydrogens is 370 g/mol. The van der Waals surface area contributed by atoms with Crippen molar-refractivity contribution in [3.05, 3.63) is 77.3 Å². The monoisotopic (exact) mass is 391 g/mol. The number of amidine groups is 1. The number of carbonyl (C=O) groups excluding carboxylic acids is 1. The number of para-hydroxylation sites is 1. The molecule has 4 rings (SSSR count). The first-order chi connectivity index (χ1) is 13.6. The Morgan fingerprint density at radius 1 is 1.21 bits per heavy atom. The van der Waals surface area contributed by atoms with E-state index in [4.69, 9.17) is 10.1 Å². The molecule has 2 aromatic carbocycles. The summed E-state index contributed by atoms with van der Waals surface area (Å²) in [7, 11) is 4.01. The van der Waals surface area contributed by atoms with Crippen molar-refractivity contribution in [1.29, 1.82) is 0 Å². The van der Waals surface area contributed by atoms with E-state index in [0.717, 1.165) is 21.8 Å². The molecule has 0 radical (unpaired) electrons. The smallest absolute Gasteiger partial charge is 0.276 e. The van der Waals surface area contributed by atoms with Crippen LogP contribution in [0.1, 0.15) is 11.7 Å². The van der Waals surface area contributed by atoms with Gasteiger partial charge in [-0.3, -0.25) is 15.1 Å². The van der Waals surface area contributed by atoms with Gasteiger partial charge < -0.3 is 4.90 Å². The van der Waals surface area contributed by atoms with Gasteiger partial charge in [-0.05, 0) is 23.8 Å². The molecule has 0 saturated carbocycles. The predicted octanol–water partition coefficient (Wildman–Crippen LogP) is 1.81. The number of amides is 1. The molecule has 0 aliphatic carbocycles. The number of thioether (sulfide) groups is 1. The van der Waals surface area contributed by atoms with Crippen molar-refractivity contribution in [2.45, 2.75) is 6.17 Å². The lowest BCUT2D eigenvalue weighted by molar-refractivity contribution is -0.116. The van der Waals surface area contributed by atoms with Gasteiger partial charge in [-0.25, -0.2) is 5.01 Å². The standard InChI is InChI=1S/C21H21N5OS/c1-4-13-28-21-23-20(27)18-16-7-5-6-8-17(16)22-19(26(18)24-21)14-9-11-15(12-10-14)25(2)3/h4-12,19H,1,13H2,2-3H3,(H,23,24,27)/t19-/m1/s1. The summed E-state index contributed by atoms with van der Waals surface area (Å²) in [6.45, 7) is 3.73. The topological polar surface area (TPSA) is 60.3 Å². The summed E-state index contributed by atoms with van der Waals surface area (Å²) in [5, 5.41) is 11.5. The quantitative estimate of drug-likeness (QED) is 0.808. The Labute approximate surface area is 167 Å². The van der Waals surface area contributed by atoms with Crippen LogP contribution in [0.15, 0.2) is 71.3 Å². The molecule has 1 atom stereocenters. The Balaban J connectivity index is 1.85. The fraction of sp³-hybridized carbons (Fsp3) is 0.190. The highest BCUT2D eigenvalue weighted by Gasteiger charge is 2.34. The molecule has 142 valence electrons. The molecule has 0 fully saturated rings. The van der Waals surface area contributed by atoms with Gasteiger partial charge >= 0.3 is 0 Å². The summed E-state index contributed by atoms with van der Waals surface area (Å²) < 4.78 is 0. The predicted molar refractivity (Wildman–Crippen MR) is 114 cm³/mol. The molecule has 1 amide bonds. The van der Waals surface area contributed by atoms with E-state index >= 15 is 0 Å². The van der Waals surface area contributed by atoms with Crippen LogP contribution in [0.5, 0.6) is 0 Å². The van der Waals surface area contributed by atoms with Gasteiger partial charge in [0, 0.05) is 30.8 Å². The molecule has 0 saturated heterocycles. The van der Waals surface area contributed by atoms with Gasteiger partial charge in [0.25, 0.3) is 5.91 Å². The molecule has 2 aliphatic rings. The normalized spacial score (nSPS) is 17.7. The number of benzene rings is 2. The van der Waals surface area contributed by atoms with Gasteiger partial charge in [-0.15, -0.1) is 11.7 Å². The van der Waals surface area contributed by atoms with Gasteiger partial charge in [0.1, 0.15) is 5.70 Å². The van der Waals surface area contributed by atoms with E-state index in [1.165, 1.54) is 11.8 Å². The maximum absolute atomic E-state index is 12.9. The second-order valence-electron chi connectivity index (χ2n) is 6.66. The van der Waals surface area contributed by atoms with Crippen LogP contribution in [0, 0.1) is 0 Å². The van der Waals surface area contributed by atoms with Gasteiger partial charge in [0.2, 0.25) is 0 Å². The zero-order chi connectivity index (χ0) is 19.7. The molecule has 2 aliphatic heterocycles. The maximum atomic E-state index is 12.9. The van der Waals surface area contributed by atoms with Crippen LogP contribution >= 0.6 is 11.8 Å². The third kappa shape index (κ3) is 3.29. The van der Waals surface area contributed by atoms with Crippen LogP contribution in [0.4, 0.5) is 5.69 Å². The van der Waals surface area contributed by atoms with E-state index in [1.54, 1.807) is 11.1 Å². The van der Waals surface area contributed by atoms with Crippen molar-refractivity contribution < 1.29 is 4.79 Å². The fourth-order valence-electron chi connectivity index (χ4n) is 3.19. The Bertz CT molecular complexity index is 1070. The van der Waals surface area contributed by atoms with Crippen LogP contribution in [0.3, 0.4) is 0 Å². The van der Waals surface area contributed by atoms with Crippen molar-refractivity contribution in [3.63, 3.8) is 0 Å². The highest BCUT2D eigenvalue weighted by atomic mass is 32.2. The molecule has 1 N–H and O–H groups in total. The number of hydrogen-bond donors (Lipinski definition) is 1. The van der Waals surface area contributed by atoms with Gasteiger partial charge in [0.15, 0.2) is 11.3 Å². The van der Waals surface area contributed by atoms with Crippen LogP contribution in [0.2, 0.25) is 0 Å². The molecule has 0 aromatic heterocycles. The van der Waals surface area contributed by atoms with E-state index in [-0.39, 0.29) is 5.91 Å². The molecule has 0 bridgehead atoms. The van der Waals surface area contributed by atoms with E-state index in [2.05, 4.69) is 11.9 Å². The van der Waals surface area contributed by atoms with Crippen LogP contribution in [0.25, 0.3) is 5.70 Å². The van der Waals surface area contributed by atoms with Crippen molar-refractivity contribution >= 4 is 34.2 Å². The maximum Gasteiger partial charge on any atom is 0.276 e. The Kier molecular flexibility index (Phi) is 4.92. The molecule has 7 heteroatoms. The number of nitrogens with one attached hydrogen (secondary N) is 1. The summed E-state index contributed by atoms with van der Waals surface area (Å²) in [4.78, 5) is 19.9. The lowest BCUT2D eigenvalue weighted by Crippen LogP contribution is -2.50. The lowest BCUT2D eigenvalue weighted by Gasteiger charge is -2.34. The third-order valence-corrected chi connectivity index (χ3v) is 5.42. The first-order valence-electron chi connectivity index (χ1n) is 8.96. The highest BCUT2D eigenvalue weighted by Crippen LogP contribution is 2.31. The van der Waals surface area contributed by atoms with E-state index in [1.807, 2.05) is 67.5 Å². The summed E-state index contributed by atoms with van der Waals surface area (Å²) in [5.74, 6) is 0.497. The minimum Gasteiger partial charge on any atom is -0.378 e. The molecule has 2 aromatic rings. The SMILES string of the molecule is C=CCSC1=NN2C(=c3ccccc3=N[C@H]2c2ccc(N(C)C)cc2)C(=O)N1. The number of hydrazone groups is 1. The van der Waals surface area contributed by atoms with Crippen LogP contribution in [-0.4, -0.2) is 35.9 Å². The number of anilines is 1. The summed E-state index contributed by atoms with van der Waals surface area (Å²) >= 11 is 1.44. The minimum atomic E-state index is -0.397. The van der Waals surface area contributed by atoms with Gasteiger partial charge in [-0.1, -0.05) is 48.2 Å².